The molecule has 0 radical (unpaired) electrons. The Morgan fingerprint density at radius 1 is 1.32 bits per heavy atom. The van der Waals surface area contributed by atoms with Crippen LogP contribution in [0.25, 0.3) is 0 Å². The van der Waals surface area contributed by atoms with E-state index in [-0.39, 0.29) is 0 Å². The molecular weight excluding hydrogens is 283 g/mol. The predicted octanol–water partition coefficient (Wildman–Crippen LogP) is 1.86. The molecule has 0 bridgehead atoms. The van der Waals surface area contributed by atoms with Crippen LogP contribution in [0.4, 0.5) is 16.2 Å². The standard InChI is InChI=1S/C15H19FN6/c1-21(2)14-12(16)8-18-15(20-14)22-7-3-4-11(9-22)13-5-6-17-10-19-13/h5-6,8,10-11H,3-4,7,9H2,1-2H3/t11-/m1/s1. The Hall–Kier alpha value is -2.31. The average Bonchev–Trinajstić information content (AvgIpc) is 2.56. The number of nitrogens with zero attached hydrogens (tertiary/aromatic N) is 6. The summed E-state index contributed by atoms with van der Waals surface area (Å²) in [5, 5.41) is 0. The molecule has 0 spiro atoms. The molecule has 22 heavy (non-hydrogen) atoms. The first-order chi connectivity index (χ1) is 10.6. The molecule has 3 heterocycles. The fraction of sp³-hybridized carbons (Fsp3) is 0.467. The van der Waals surface area contributed by atoms with Crippen molar-refractivity contribution in [2.45, 2.75) is 18.8 Å². The Bertz CT molecular complexity index is 633. The molecule has 1 atom stereocenters. The minimum absolute atomic E-state index is 0.314. The first-order valence-corrected chi connectivity index (χ1v) is 7.36. The Morgan fingerprint density at radius 3 is 2.91 bits per heavy atom. The van der Waals surface area contributed by atoms with E-state index in [1.807, 2.05) is 6.07 Å². The van der Waals surface area contributed by atoms with Gasteiger partial charge in [-0.2, -0.15) is 4.98 Å². The van der Waals surface area contributed by atoms with E-state index in [9.17, 15) is 4.39 Å². The first-order valence-electron chi connectivity index (χ1n) is 7.36. The summed E-state index contributed by atoms with van der Waals surface area (Å²) < 4.78 is 13.7. The van der Waals surface area contributed by atoms with Crippen molar-refractivity contribution in [3.8, 4) is 0 Å². The van der Waals surface area contributed by atoms with Gasteiger partial charge >= 0.3 is 0 Å². The second kappa shape index (κ2) is 6.21. The maximum Gasteiger partial charge on any atom is 0.227 e. The molecule has 0 saturated carbocycles. The van der Waals surface area contributed by atoms with Crippen molar-refractivity contribution >= 4 is 11.8 Å². The summed E-state index contributed by atoms with van der Waals surface area (Å²) in [7, 11) is 3.55. The van der Waals surface area contributed by atoms with Crippen molar-refractivity contribution in [2.24, 2.45) is 0 Å². The largest absolute Gasteiger partial charge is 0.360 e. The van der Waals surface area contributed by atoms with Crippen molar-refractivity contribution in [1.29, 1.82) is 0 Å². The molecule has 0 unspecified atom stereocenters. The van der Waals surface area contributed by atoms with Crippen LogP contribution in [-0.2, 0) is 0 Å². The molecule has 2 aromatic rings. The Morgan fingerprint density at radius 2 is 2.18 bits per heavy atom. The molecule has 0 aliphatic carbocycles. The summed E-state index contributed by atoms with van der Waals surface area (Å²) in [4.78, 5) is 20.6. The quantitative estimate of drug-likeness (QED) is 0.862. The topological polar surface area (TPSA) is 58.0 Å². The lowest BCUT2D eigenvalue weighted by Gasteiger charge is -2.32. The van der Waals surface area contributed by atoms with E-state index in [0.717, 1.165) is 31.6 Å². The van der Waals surface area contributed by atoms with Crippen molar-refractivity contribution in [1.82, 2.24) is 19.9 Å². The van der Waals surface area contributed by atoms with Gasteiger partial charge in [0.1, 0.15) is 6.33 Å². The molecule has 1 aliphatic rings. The fourth-order valence-electron chi connectivity index (χ4n) is 2.76. The molecule has 0 aromatic carbocycles. The van der Waals surface area contributed by atoms with Gasteiger partial charge in [0.05, 0.1) is 6.20 Å². The molecule has 0 N–H and O–H groups in total. The SMILES string of the molecule is CN(C)c1nc(N2CCC[C@@H](c3ccncn3)C2)ncc1F. The van der Waals surface area contributed by atoms with Crippen LogP contribution in [-0.4, -0.2) is 47.1 Å². The predicted molar refractivity (Wildman–Crippen MR) is 82.5 cm³/mol. The number of anilines is 2. The fourth-order valence-corrected chi connectivity index (χ4v) is 2.76. The second-order valence-electron chi connectivity index (χ2n) is 5.66. The van der Waals surface area contributed by atoms with Gasteiger partial charge in [-0.05, 0) is 18.9 Å². The molecule has 3 rings (SSSR count). The van der Waals surface area contributed by atoms with Gasteiger partial charge in [0.25, 0.3) is 0 Å². The van der Waals surface area contributed by atoms with E-state index in [1.54, 1.807) is 31.5 Å². The van der Waals surface area contributed by atoms with Gasteiger partial charge in [-0.25, -0.2) is 19.3 Å². The molecule has 2 aromatic heterocycles. The number of piperidine rings is 1. The molecule has 1 saturated heterocycles. The maximum absolute atomic E-state index is 13.7. The summed E-state index contributed by atoms with van der Waals surface area (Å²) >= 11 is 0. The minimum atomic E-state index is -0.405. The van der Waals surface area contributed by atoms with E-state index >= 15 is 0 Å². The van der Waals surface area contributed by atoms with Crippen LogP contribution in [0.2, 0.25) is 0 Å². The molecule has 6 nitrogen and oxygen atoms in total. The van der Waals surface area contributed by atoms with E-state index in [0.29, 0.717) is 17.7 Å². The lowest BCUT2D eigenvalue weighted by molar-refractivity contribution is 0.493. The number of hydrogen-bond acceptors (Lipinski definition) is 6. The van der Waals surface area contributed by atoms with Crippen LogP contribution >= 0.6 is 0 Å². The zero-order valence-electron chi connectivity index (χ0n) is 12.8. The van der Waals surface area contributed by atoms with Gasteiger partial charge in [-0.15, -0.1) is 0 Å². The number of rotatable bonds is 3. The zero-order chi connectivity index (χ0) is 15.5. The van der Waals surface area contributed by atoms with Gasteiger partial charge < -0.3 is 9.80 Å². The number of halogens is 1. The van der Waals surface area contributed by atoms with E-state index in [4.69, 9.17) is 0 Å². The third kappa shape index (κ3) is 2.98. The summed E-state index contributed by atoms with van der Waals surface area (Å²) in [5.41, 5.74) is 1.04. The summed E-state index contributed by atoms with van der Waals surface area (Å²) in [6, 6.07) is 1.95. The van der Waals surface area contributed by atoms with Crippen LogP contribution in [0.5, 0.6) is 0 Å². The second-order valence-corrected chi connectivity index (χ2v) is 5.66. The van der Waals surface area contributed by atoms with Gasteiger partial charge in [0.2, 0.25) is 5.95 Å². The zero-order valence-corrected chi connectivity index (χ0v) is 12.8. The lowest BCUT2D eigenvalue weighted by atomic mass is 9.95. The van der Waals surface area contributed by atoms with Crippen molar-refractivity contribution in [3.05, 3.63) is 36.3 Å². The minimum Gasteiger partial charge on any atom is -0.360 e. The first kappa shape index (κ1) is 14.6. The Labute approximate surface area is 129 Å². The highest BCUT2D eigenvalue weighted by Crippen LogP contribution is 2.28. The molecular formula is C15H19FN6. The van der Waals surface area contributed by atoms with Crippen LogP contribution < -0.4 is 9.80 Å². The van der Waals surface area contributed by atoms with Gasteiger partial charge in [0, 0.05) is 45.0 Å². The molecule has 116 valence electrons. The average molecular weight is 302 g/mol. The smallest absolute Gasteiger partial charge is 0.227 e. The third-order valence-corrected chi connectivity index (χ3v) is 3.86. The Kier molecular flexibility index (Phi) is 4.13. The van der Waals surface area contributed by atoms with Crippen LogP contribution in [0.15, 0.2) is 24.8 Å². The van der Waals surface area contributed by atoms with Crippen LogP contribution in [0.1, 0.15) is 24.5 Å². The normalized spacial score (nSPS) is 18.3. The number of aromatic nitrogens is 4. The van der Waals surface area contributed by atoms with Gasteiger partial charge in [-0.1, -0.05) is 0 Å². The van der Waals surface area contributed by atoms with E-state index in [2.05, 4.69) is 24.8 Å². The summed E-state index contributed by atoms with van der Waals surface area (Å²) in [5.74, 6) is 0.810. The molecule has 1 aliphatic heterocycles. The summed E-state index contributed by atoms with van der Waals surface area (Å²) in [6.07, 6.45) is 6.69. The van der Waals surface area contributed by atoms with Gasteiger partial charge in [-0.3, -0.25) is 0 Å². The molecule has 1 fully saturated rings. The maximum atomic E-state index is 13.7. The van der Waals surface area contributed by atoms with Crippen molar-refractivity contribution in [3.63, 3.8) is 0 Å². The molecule has 7 heteroatoms. The number of hydrogen-bond donors (Lipinski definition) is 0. The van der Waals surface area contributed by atoms with Gasteiger partial charge in [0.15, 0.2) is 11.6 Å². The van der Waals surface area contributed by atoms with Crippen molar-refractivity contribution < 1.29 is 4.39 Å². The highest BCUT2D eigenvalue weighted by Gasteiger charge is 2.24. The Balaban J connectivity index is 1.82. The highest BCUT2D eigenvalue weighted by atomic mass is 19.1. The summed E-state index contributed by atoms with van der Waals surface area (Å²) in [6.45, 7) is 1.66. The van der Waals surface area contributed by atoms with Crippen LogP contribution in [0, 0.1) is 5.82 Å². The van der Waals surface area contributed by atoms with Crippen LogP contribution in [0.3, 0.4) is 0 Å². The monoisotopic (exact) mass is 302 g/mol. The lowest BCUT2D eigenvalue weighted by Crippen LogP contribution is -2.36. The van der Waals surface area contributed by atoms with E-state index < -0.39 is 5.82 Å². The third-order valence-electron chi connectivity index (χ3n) is 3.86. The highest BCUT2D eigenvalue weighted by molar-refractivity contribution is 5.44. The van der Waals surface area contributed by atoms with Crippen molar-refractivity contribution in [2.75, 3.05) is 37.0 Å². The molecule has 0 amide bonds. The van der Waals surface area contributed by atoms with E-state index in [1.165, 1.54) is 6.20 Å².